The lowest BCUT2D eigenvalue weighted by molar-refractivity contribution is -0.136. The number of carboxylic acids is 1. The summed E-state index contributed by atoms with van der Waals surface area (Å²) in [5.74, 6) is 5.73. The molecule has 0 radical (unpaired) electrons. The molecule has 2 N–H and O–H groups in total. The molecule has 0 saturated carbocycles. The second-order valence-electron chi connectivity index (χ2n) is 3.75. The van der Waals surface area contributed by atoms with Gasteiger partial charge in [-0.05, 0) is 25.2 Å². The van der Waals surface area contributed by atoms with Crippen LogP contribution in [0.1, 0.15) is 17.5 Å². The molecule has 1 aromatic rings. The van der Waals surface area contributed by atoms with Crippen LogP contribution in [0.15, 0.2) is 18.2 Å². The Morgan fingerprint density at radius 2 is 2.28 bits per heavy atom. The molecule has 4 nitrogen and oxygen atoms in total. The number of hydrogen-bond donors (Lipinski definition) is 2. The van der Waals surface area contributed by atoms with Gasteiger partial charge in [-0.1, -0.05) is 11.8 Å². The molecule has 0 bridgehead atoms. The summed E-state index contributed by atoms with van der Waals surface area (Å²) in [6.07, 6.45) is 0.700. The van der Waals surface area contributed by atoms with Gasteiger partial charge in [-0.2, -0.15) is 0 Å². The van der Waals surface area contributed by atoms with Crippen LogP contribution in [0.25, 0.3) is 0 Å². The summed E-state index contributed by atoms with van der Waals surface area (Å²) in [4.78, 5) is 10.7. The fourth-order valence-corrected chi connectivity index (χ4v) is 1.51. The number of carboxylic acid groups (broad SMARTS) is 1. The summed E-state index contributed by atoms with van der Waals surface area (Å²) in [6.45, 7) is 0.838. The molecule has 0 aliphatic rings. The molecule has 18 heavy (non-hydrogen) atoms. The van der Waals surface area contributed by atoms with Gasteiger partial charge in [0.2, 0.25) is 0 Å². The molecule has 1 rings (SSSR count). The Labute approximate surface area is 107 Å². The zero-order chi connectivity index (χ0) is 13.4. The number of nitrogens with one attached hydrogen (secondary N) is 1. The molecule has 0 atom stereocenters. The van der Waals surface area contributed by atoms with E-state index >= 15 is 0 Å². The van der Waals surface area contributed by atoms with E-state index in [0.29, 0.717) is 11.3 Å². The first-order chi connectivity index (χ1) is 8.67. The van der Waals surface area contributed by atoms with E-state index < -0.39 is 5.97 Å². The van der Waals surface area contributed by atoms with Crippen molar-refractivity contribution in [2.75, 3.05) is 20.7 Å². The molecule has 0 aromatic heterocycles. The Morgan fingerprint density at radius 3 is 2.89 bits per heavy atom. The summed E-state index contributed by atoms with van der Waals surface area (Å²) >= 11 is 0. The van der Waals surface area contributed by atoms with Crippen LogP contribution in [-0.4, -0.2) is 31.8 Å². The van der Waals surface area contributed by atoms with Crippen molar-refractivity contribution in [1.82, 2.24) is 5.32 Å². The summed E-state index contributed by atoms with van der Waals surface area (Å²) in [6, 6.07) is 5.34. The Kier molecular flexibility index (Phi) is 5.75. The molecule has 0 heterocycles. The second kappa shape index (κ2) is 7.36. The average molecular weight is 247 g/mol. The number of carbonyl (C=O) groups is 1. The zero-order valence-electron chi connectivity index (χ0n) is 10.6. The van der Waals surface area contributed by atoms with E-state index in [1.165, 1.54) is 7.11 Å². The summed E-state index contributed by atoms with van der Waals surface area (Å²) in [5, 5.41) is 11.8. The predicted octanol–water partition coefficient (Wildman–Crippen LogP) is 1.28. The topological polar surface area (TPSA) is 58.6 Å². The van der Waals surface area contributed by atoms with Gasteiger partial charge in [-0.15, -0.1) is 0 Å². The number of hydrogen-bond acceptors (Lipinski definition) is 3. The summed E-state index contributed by atoms with van der Waals surface area (Å²) in [5.41, 5.74) is 1.45. The van der Waals surface area contributed by atoms with Gasteiger partial charge in [0.25, 0.3) is 0 Å². The normalized spacial score (nSPS) is 9.44. The third-order valence-corrected chi connectivity index (χ3v) is 2.35. The smallest absolute Gasteiger partial charge is 0.307 e. The molecule has 0 aliphatic heterocycles. The Bertz CT molecular complexity index is 472. The van der Waals surface area contributed by atoms with Gasteiger partial charge in [-0.3, -0.25) is 4.79 Å². The molecule has 0 unspecified atom stereocenters. The van der Waals surface area contributed by atoms with Crippen molar-refractivity contribution in [3.63, 3.8) is 0 Å². The maximum atomic E-state index is 10.7. The highest BCUT2D eigenvalue weighted by Gasteiger charge is 2.07. The maximum absolute atomic E-state index is 10.7. The minimum atomic E-state index is -0.881. The molecule has 0 saturated heterocycles. The highest BCUT2D eigenvalue weighted by atomic mass is 16.5. The molecule has 1 aromatic carbocycles. The predicted molar refractivity (Wildman–Crippen MR) is 69.8 cm³/mol. The number of aliphatic carboxylic acids is 1. The molecule has 0 spiro atoms. The van der Waals surface area contributed by atoms with Crippen LogP contribution < -0.4 is 10.1 Å². The van der Waals surface area contributed by atoms with E-state index in [1.807, 2.05) is 13.1 Å². The first-order valence-corrected chi connectivity index (χ1v) is 5.69. The summed E-state index contributed by atoms with van der Waals surface area (Å²) < 4.78 is 5.12. The van der Waals surface area contributed by atoms with Gasteiger partial charge in [0, 0.05) is 24.1 Å². The summed E-state index contributed by atoms with van der Waals surface area (Å²) in [7, 11) is 3.40. The van der Waals surface area contributed by atoms with Crippen molar-refractivity contribution in [3.05, 3.63) is 29.3 Å². The molecule has 0 amide bonds. The van der Waals surface area contributed by atoms with E-state index in [2.05, 4.69) is 17.2 Å². The van der Waals surface area contributed by atoms with Crippen LogP contribution in [0.5, 0.6) is 5.75 Å². The molecular formula is C14H17NO3. The number of benzene rings is 1. The third-order valence-electron chi connectivity index (χ3n) is 2.35. The van der Waals surface area contributed by atoms with Gasteiger partial charge in [0.1, 0.15) is 5.75 Å². The lowest BCUT2D eigenvalue weighted by atomic mass is 10.1. The third kappa shape index (κ3) is 4.48. The van der Waals surface area contributed by atoms with Crippen LogP contribution in [0.3, 0.4) is 0 Å². The van der Waals surface area contributed by atoms with Crippen LogP contribution in [0.2, 0.25) is 0 Å². The SMILES string of the molecule is CNCCC#Cc1ccc(OC)c(CC(=O)O)c1. The molecule has 4 heteroatoms. The lowest BCUT2D eigenvalue weighted by Gasteiger charge is -2.06. The van der Waals surface area contributed by atoms with Crippen molar-refractivity contribution < 1.29 is 14.6 Å². The number of rotatable bonds is 5. The molecule has 0 aliphatic carbocycles. The van der Waals surface area contributed by atoms with Crippen molar-refractivity contribution in [2.24, 2.45) is 0 Å². The van der Waals surface area contributed by atoms with Crippen LogP contribution in [0, 0.1) is 11.8 Å². The Hall–Kier alpha value is -1.99. The van der Waals surface area contributed by atoms with Crippen LogP contribution >= 0.6 is 0 Å². The first kappa shape index (κ1) is 14.1. The maximum Gasteiger partial charge on any atom is 0.307 e. The number of ether oxygens (including phenoxy) is 1. The van der Waals surface area contributed by atoms with Crippen molar-refractivity contribution >= 4 is 5.97 Å². The van der Waals surface area contributed by atoms with E-state index in [0.717, 1.165) is 18.5 Å². The van der Waals surface area contributed by atoms with E-state index in [1.54, 1.807) is 12.1 Å². The van der Waals surface area contributed by atoms with Gasteiger partial charge in [-0.25, -0.2) is 0 Å². The minimum absolute atomic E-state index is 0.0603. The van der Waals surface area contributed by atoms with Crippen molar-refractivity contribution in [3.8, 4) is 17.6 Å². The Morgan fingerprint density at radius 1 is 1.50 bits per heavy atom. The Balaban J connectivity index is 2.87. The fraction of sp³-hybridized carbons (Fsp3) is 0.357. The zero-order valence-corrected chi connectivity index (χ0v) is 10.6. The van der Waals surface area contributed by atoms with Gasteiger partial charge in [0.15, 0.2) is 0 Å². The van der Waals surface area contributed by atoms with Crippen LogP contribution in [0.4, 0.5) is 0 Å². The van der Waals surface area contributed by atoms with Crippen LogP contribution in [-0.2, 0) is 11.2 Å². The fourth-order valence-electron chi connectivity index (χ4n) is 1.51. The number of methoxy groups -OCH3 is 1. The largest absolute Gasteiger partial charge is 0.496 e. The molecule has 96 valence electrons. The highest BCUT2D eigenvalue weighted by Crippen LogP contribution is 2.20. The standard InChI is InChI=1S/C14H17NO3/c1-15-8-4-3-5-11-6-7-13(18-2)12(9-11)10-14(16)17/h6-7,9,15H,4,8,10H2,1-2H3,(H,16,17). The van der Waals surface area contributed by atoms with E-state index in [4.69, 9.17) is 9.84 Å². The minimum Gasteiger partial charge on any atom is -0.496 e. The average Bonchev–Trinajstić information content (AvgIpc) is 2.34. The van der Waals surface area contributed by atoms with Gasteiger partial charge >= 0.3 is 5.97 Å². The lowest BCUT2D eigenvalue weighted by Crippen LogP contribution is -2.05. The molecule has 0 fully saturated rings. The quantitative estimate of drug-likeness (QED) is 0.608. The highest BCUT2D eigenvalue weighted by molar-refractivity contribution is 5.71. The van der Waals surface area contributed by atoms with Gasteiger partial charge < -0.3 is 15.2 Å². The van der Waals surface area contributed by atoms with Gasteiger partial charge in [0.05, 0.1) is 13.5 Å². The van der Waals surface area contributed by atoms with E-state index in [-0.39, 0.29) is 6.42 Å². The van der Waals surface area contributed by atoms with Crippen molar-refractivity contribution in [1.29, 1.82) is 0 Å². The first-order valence-electron chi connectivity index (χ1n) is 5.69. The second-order valence-corrected chi connectivity index (χ2v) is 3.75. The molecular weight excluding hydrogens is 230 g/mol. The van der Waals surface area contributed by atoms with Crippen molar-refractivity contribution in [2.45, 2.75) is 12.8 Å². The monoisotopic (exact) mass is 247 g/mol. The van der Waals surface area contributed by atoms with E-state index in [9.17, 15) is 4.79 Å².